The van der Waals surface area contributed by atoms with Crippen LogP contribution in [0.1, 0.15) is 12.5 Å². The van der Waals surface area contributed by atoms with Gasteiger partial charge in [-0.15, -0.1) is 0 Å². The predicted molar refractivity (Wildman–Crippen MR) is 110 cm³/mol. The Morgan fingerprint density at radius 2 is 1.83 bits per heavy atom. The van der Waals surface area contributed by atoms with Gasteiger partial charge in [0.2, 0.25) is 11.8 Å². The predicted octanol–water partition coefficient (Wildman–Crippen LogP) is 2.81. The first-order valence-corrected chi connectivity index (χ1v) is 8.91. The number of hydrogen-bond donors (Lipinski definition) is 2. The van der Waals surface area contributed by atoms with Crippen molar-refractivity contribution < 1.29 is 19.2 Å². The maximum atomic E-state index is 12.5. The lowest BCUT2D eigenvalue weighted by Crippen LogP contribution is -2.43. The van der Waals surface area contributed by atoms with Gasteiger partial charge in [-0.2, -0.15) is 0 Å². The van der Waals surface area contributed by atoms with Crippen LogP contribution >= 0.6 is 0 Å². The summed E-state index contributed by atoms with van der Waals surface area (Å²) in [6.45, 7) is 3.55. The number of benzene rings is 2. The van der Waals surface area contributed by atoms with Crippen LogP contribution in [0, 0.1) is 17.0 Å². The van der Waals surface area contributed by atoms with Crippen LogP contribution in [0.2, 0.25) is 0 Å². The lowest BCUT2D eigenvalue weighted by Gasteiger charge is -2.23. The number of nitro benzene ring substituents is 1. The number of rotatable bonds is 8. The van der Waals surface area contributed by atoms with Crippen LogP contribution in [0.25, 0.3) is 0 Å². The Kier molecular flexibility index (Phi) is 7.27. The van der Waals surface area contributed by atoms with E-state index in [1.54, 1.807) is 31.0 Å². The highest BCUT2D eigenvalue weighted by atomic mass is 16.6. The molecule has 29 heavy (non-hydrogen) atoms. The maximum absolute atomic E-state index is 12.5. The minimum Gasteiger partial charge on any atom is -0.496 e. The number of likely N-dealkylation sites (N-methyl/N-ethyl adjacent to an activating group) is 1. The second-order valence-electron chi connectivity index (χ2n) is 6.63. The molecule has 0 bridgehead atoms. The smallest absolute Gasteiger partial charge is 0.296 e. The van der Waals surface area contributed by atoms with E-state index < -0.39 is 16.9 Å². The topological polar surface area (TPSA) is 114 Å². The van der Waals surface area contributed by atoms with Crippen LogP contribution in [-0.4, -0.2) is 48.4 Å². The van der Waals surface area contributed by atoms with Crippen molar-refractivity contribution in [2.24, 2.45) is 0 Å². The van der Waals surface area contributed by atoms with Gasteiger partial charge in [-0.05, 0) is 45.2 Å². The average molecular weight is 400 g/mol. The van der Waals surface area contributed by atoms with Crippen LogP contribution in [-0.2, 0) is 9.59 Å². The van der Waals surface area contributed by atoms with Crippen molar-refractivity contribution in [1.29, 1.82) is 0 Å². The molecule has 0 fully saturated rings. The Labute approximate surface area is 168 Å². The molecule has 0 spiro atoms. The van der Waals surface area contributed by atoms with E-state index >= 15 is 0 Å². The van der Waals surface area contributed by atoms with Crippen molar-refractivity contribution in [3.05, 3.63) is 58.1 Å². The second-order valence-corrected chi connectivity index (χ2v) is 6.63. The number of methoxy groups -OCH3 is 1. The monoisotopic (exact) mass is 400 g/mol. The number of nitro groups is 1. The molecule has 0 unspecified atom stereocenters. The third-order valence-electron chi connectivity index (χ3n) is 4.43. The van der Waals surface area contributed by atoms with Gasteiger partial charge >= 0.3 is 0 Å². The molecule has 2 aromatic rings. The average Bonchev–Trinajstić information content (AvgIpc) is 2.69. The highest BCUT2D eigenvalue weighted by Crippen LogP contribution is 2.29. The van der Waals surface area contributed by atoms with E-state index in [4.69, 9.17) is 4.74 Å². The van der Waals surface area contributed by atoms with Gasteiger partial charge in [-0.3, -0.25) is 24.6 Å². The van der Waals surface area contributed by atoms with Gasteiger partial charge in [0.1, 0.15) is 11.4 Å². The van der Waals surface area contributed by atoms with Crippen molar-refractivity contribution in [3.63, 3.8) is 0 Å². The third-order valence-corrected chi connectivity index (χ3v) is 4.43. The number of anilines is 2. The van der Waals surface area contributed by atoms with Crippen molar-refractivity contribution in [1.82, 2.24) is 4.90 Å². The number of carbonyl (C=O) groups is 2. The van der Waals surface area contributed by atoms with E-state index in [2.05, 4.69) is 10.6 Å². The van der Waals surface area contributed by atoms with Gasteiger partial charge in [-0.1, -0.05) is 17.7 Å². The van der Waals surface area contributed by atoms with E-state index in [1.807, 2.05) is 19.1 Å². The van der Waals surface area contributed by atoms with Gasteiger partial charge < -0.3 is 15.4 Å². The Bertz CT molecular complexity index is 898. The summed E-state index contributed by atoms with van der Waals surface area (Å²) < 4.78 is 4.98. The Balaban J connectivity index is 1.99. The molecule has 0 heterocycles. The molecule has 9 nitrogen and oxygen atoms in total. The summed E-state index contributed by atoms with van der Waals surface area (Å²) in [6.07, 6.45) is 0. The molecule has 2 rings (SSSR count). The fourth-order valence-electron chi connectivity index (χ4n) is 2.53. The molecule has 0 aliphatic heterocycles. The van der Waals surface area contributed by atoms with Gasteiger partial charge in [0, 0.05) is 5.69 Å². The molecule has 0 aliphatic carbocycles. The highest BCUT2D eigenvalue weighted by Gasteiger charge is 2.23. The molecular formula is C20H24N4O5. The fourth-order valence-corrected chi connectivity index (χ4v) is 2.53. The summed E-state index contributed by atoms with van der Waals surface area (Å²) in [4.78, 5) is 36.9. The molecule has 0 aliphatic rings. The zero-order valence-electron chi connectivity index (χ0n) is 16.8. The minimum absolute atomic E-state index is 0.0207. The first-order chi connectivity index (χ1) is 13.7. The molecule has 2 N–H and O–H groups in total. The Hall–Kier alpha value is -3.46. The van der Waals surface area contributed by atoms with E-state index in [1.165, 1.54) is 25.3 Å². The van der Waals surface area contributed by atoms with Crippen LogP contribution in [0.3, 0.4) is 0 Å². The molecule has 2 amide bonds. The third kappa shape index (κ3) is 6.01. The molecule has 0 saturated carbocycles. The zero-order chi connectivity index (χ0) is 21.6. The number of amides is 2. The first-order valence-electron chi connectivity index (χ1n) is 8.91. The van der Waals surface area contributed by atoms with Crippen molar-refractivity contribution in [2.45, 2.75) is 19.9 Å². The van der Waals surface area contributed by atoms with Crippen molar-refractivity contribution >= 4 is 28.9 Å². The summed E-state index contributed by atoms with van der Waals surface area (Å²) in [7, 11) is 3.03. The van der Waals surface area contributed by atoms with Crippen LogP contribution in [0.4, 0.5) is 17.1 Å². The number of nitrogens with zero attached hydrogens (tertiary/aromatic N) is 2. The normalized spacial score (nSPS) is 11.6. The minimum atomic E-state index is -0.694. The summed E-state index contributed by atoms with van der Waals surface area (Å²) in [5.41, 5.74) is 1.54. The zero-order valence-corrected chi connectivity index (χ0v) is 16.8. The SMILES string of the molecule is COc1ccc(NC(=O)[C@@H](C)N(C)CC(=O)Nc2ccc(C)cc2)c([N+](=O)[O-])c1. The van der Waals surface area contributed by atoms with Crippen LogP contribution in [0.5, 0.6) is 5.75 Å². The van der Waals surface area contributed by atoms with E-state index in [0.29, 0.717) is 11.4 Å². The number of nitrogens with one attached hydrogen (secondary N) is 2. The summed E-state index contributed by atoms with van der Waals surface area (Å²) >= 11 is 0. The fraction of sp³-hybridized carbons (Fsp3) is 0.300. The molecule has 1 atom stereocenters. The first kappa shape index (κ1) is 21.8. The largest absolute Gasteiger partial charge is 0.496 e. The van der Waals surface area contributed by atoms with E-state index in [-0.39, 0.29) is 23.8 Å². The molecule has 2 aromatic carbocycles. The number of hydrogen-bond acceptors (Lipinski definition) is 6. The molecular weight excluding hydrogens is 376 g/mol. The molecule has 0 aromatic heterocycles. The molecule has 0 radical (unpaired) electrons. The second kappa shape index (κ2) is 9.65. The standard InChI is InChI=1S/C20H24N4O5/c1-13-5-7-15(8-6-13)21-19(25)12-23(3)14(2)20(26)22-17-10-9-16(29-4)11-18(17)24(27)28/h5-11,14H,12H2,1-4H3,(H,21,25)(H,22,26)/t14-/m1/s1. The van der Waals surface area contributed by atoms with E-state index in [0.717, 1.165) is 5.56 Å². The van der Waals surface area contributed by atoms with Gasteiger partial charge in [0.25, 0.3) is 5.69 Å². The van der Waals surface area contributed by atoms with Crippen LogP contribution in [0.15, 0.2) is 42.5 Å². The van der Waals surface area contributed by atoms with Crippen molar-refractivity contribution in [3.8, 4) is 5.75 Å². The van der Waals surface area contributed by atoms with E-state index in [9.17, 15) is 19.7 Å². The lowest BCUT2D eigenvalue weighted by molar-refractivity contribution is -0.384. The highest BCUT2D eigenvalue weighted by molar-refractivity contribution is 5.97. The Morgan fingerprint density at radius 3 is 2.41 bits per heavy atom. The summed E-state index contributed by atoms with van der Waals surface area (Å²) in [5, 5.41) is 16.6. The van der Waals surface area contributed by atoms with Gasteiger partial charge in [0.15, 0.2) is 0 Å². The van der Waals surface area contributed by atoms with Crippen LogP contribution < -0.4 is 15.4 Å². The quantitative estimate of drug-likeness (QED) is 0.520. The summed E-state index contributed by atoms with van der Waals surface area (Å²) in [5.74, 6) is -0.428. The summed E-state index contributed by atoms with van der Waals surface area (Å²) in [6, 6.07) is 10.8. The lowest BCUT2D eigenvalue weighted by atomic mass is 10.2. The Morgan fingerprint density at radius 1 is 1.17 bits per heavy atom. The van der Waals surface area contributed by atoms with Gasteiger partial charge in [0.05, 0.1) is 30.7 Å². The maximum Gasteiger partial charge on any atom is 0.296 e. The molecule has 154 valence electrons. The molecule has 9 heteroatoms. The van der Waals surface area contributed by atoms with Gasteiger partial charge in [-0.25, -0.2) is 0 Å². The molecule has 0 saturated heterocycles. The number of aryl methyl sites for hydroxylation is 1. The van der Waals surface area contributed by atoms with Crippen molar-refractivity contribution in [2.75, 3.05) is 31.3 Å². The number of ether oxygens (including phenoxy) is 1. The number of carbonyl (C=O) groups excluding carboxylic acids is 2.